The van der Waals surface area contributed by atoms with Crippen LogP contribution in [-0.2, 0) is 7.05 Å². The lowest BCUT2D eigenvalue weighted by atomic mass is 9.63. The van der Waals surface area contributed by atoms with Crippen molar-refractivity contribution in [2.45, 2.75) is 44.9 Å². The van der Waals surface area contributed by atoms with Crippen molar-refractivity contribution in [3.8, 4) is 11.3 Å². The number of anilines is 1. The minimum atomic E-state index is 0.261. The molecule has 0 bridgehead atoms. The molecule has 0 unspecified atom stereocenters. The summed E-state index contributed by atoms with van der Waals surface area (Å²) < 4.78 is 8.20. The molecule has 36 heavy (non-hydrogen) atoms. The summed E-state index contributed by atoms with van der Waals surface area (Å²) in [5, 5.41) is 7.05. The molecule has 0 atom stereocenters. The maximum absolute atomic E-state index is 6.58. The topological polar surface area (TPSA) is 34.2 Å². The van der Waals surface area contributed by atoms with Crippen molar-refractivity contribution in [1.29, 1.82) is 0 Å². The zero-order valence-electron chi connectivity index (χ0n) is 20.7. The quantitative estimate of drug-likeness (QED) is 0.272. The molecule has 1 saturated carbocycles. The maximum Gasteiger partial charge on any atom is 0.147 e. The maximum atomic E-state index is 6.58. The van der Waals surface area contributed by atoms with E-state index in [1.54, 1.807) is 0 Å². The van der Waals surface area contributed by atoms with E-state index in [0.717, 1.165) is 67.8 Å². The first-order chi connectivity index (χ1) is 17.4. The van der Waals surface area contributed by atoms with Gasteiger partial charge in [-0.05, 0) is 85.7 Å². The van der Waals surface area contributed by atoms with Crippen LogP contribution in [0.3, 0.4) is 0 Å². The normalized spacial score (nSPS) is 19.1. The highest BCUT2D eigenvalue weighted by atomic mass is 35.5. The smallest absolute Gasteiger partial charge is 0.147 e. The molecule has 0 radical (unpaired) electrons. The molecule has 2 aromatic heterocycles. The first kappa shape index (κ1) is 22.5. The minimum Gasteiger partial charge on any atom is -0.371 e. The molecule has 0 amide bonds. The molecule has 2 fully saturated rings. The molecule has 2 aliphatic carbocycles. The molecule has 184 valence electrons. The van der Waals surface area contributed by atoms with Gasteiger partial charge < -0.3 is 14.0 Å². The fraction of sp³-hybridized carbons (Fsp3) is 0.367. The number of aromatic nitrogens is 2. The molecule has 1 spiro atoms. The van der Waals surface area contributed by atoms with Gasteiger partial charge in [0.15, 0.2) is 0 Å². The Bertz CT molecular complexity index is 1510. The van der Waals surface area contributed by atoms with Crippen LogP contribution in [0.2, 0.25) is 10.0 Å². The Kier molecular flexibility index (Phi) is 5.10. The number of fused-ring (bicyclic) bond motifs is 1. The molecule has 6 heteroatoms. The SMILES string of the molecule is Cc1cc2ccc(N3CCC4(C=C(c5c(-c6c(Cl)cccc6Cl)noc5C5CC5)C4)CC3)cc2n1C. The van der Waals surface area contributed by atoms with Crippen molar-refractivity contribution in [2.24, 2.45) is 12.5 Å². The molecule has 4 nitrogen and oxygen atoms in total. The van der Waals surface area contributed by atoms with Crippen LogP contribution in [-0.4, -0.2) is 22.8 Å². The van der Waals surface area contributed by atoms with Gasteiger partial charge >= 0.3 is 0 Å². The minimum absolute atomic E-state index is 0.261. The van der Waals surface area contributed by atoms with E-state index < -0.39 is 0 Å². The molecule has 1 aliphatic heterocycles. The van der Waals surface area contributed by atoms with Gasteiger partial charge in [-0.15, -0.1) is 0 Å². The van der Waals surface area contributed by atoms with Gasteiger partial charge in [0.1, 0.15) is 11.5 Å². The van der Waals surface area contributed by atoms with Gasteiger partial charge in [0.25, 0.3) is 0 Å². The Morgan fingerprint density at radius 3 is 2.42 bits per heavy atom. The average molecular weight is 518 g/mol. The van der Waals surface area contributed by atoms with Crippen LogP contribution in [0.5, 0.6) is 0 Å². The summed E-state index contributed by atoms with van der Waals surface area (Å²) in [7, 11) is 2.15. The van der Waals surface area contributed by atoms with E-state index in [1.807, 2.05) is 18.2 Å². The summed E-state index contributed by atoms with van der Waals surface area (Å²) in [6.45, 7) is 4.31. The van der Waals surface area contributed by atoms with E-state index in [2.05, 4.69) is 58.9 Å². The van der Waals surface area contributed by atoms with Crippen LogP contribution in [0.15, 0.2) is 53.1 Å². The number of nitrogens with zero attached hydrogens (tertiary/aromatic N) is 3. The third-order valence-corrected chi connectivity index (χ3v) is 9.23. The molecule has 3 heterocycles. The monoisotopic (exact) mass is 517 g/mol. The lowest BCUT2D eigenvalue weighted by Gasteiger charge is -2.47. The van der Waals surface area contributed by atoms with Gasteiger partial charge in [-0.25, -0.2) is 0 Å². The molecule has 4 aromatic rings. The molecular formula is C30H29Cl2N3O. The van der Waals surface area contributed by atoms with Crippen molar-refractivity contribution >= 4 is 45.4 Å². The summed E-state index contributed by atoms with van der Waals surface area (Å²) in [6.07, 6.45) is 8.21. The standard InChI is InChI=1S/C30H29Cl2N3O/c1-18-14-20-8-9-22(15-25(20)34(18)2)35-12-10-30(11-13-35)16-21(17-30)26-28(33-36-29(26)19-6-7-19)27-23(31)4-3-5-24(27)32/h3-5,8-9,14-16,19H,6-7,10-13,17H2,1-2H3. The molecule has 7 rings (SSSR count). The van der Waals surface area contributed by atoms with Gasteiger partial charge in [-0.3, -0.25) is 0 Å². The second-order valence-electron chi connectivity index (χ2n) is 10.9. The molecule has 2 aromatic carbocycles. The van der Waals surface area contributed by atoms with Crippen LogP contribution in [0, 0.1) is 12.3 Å². The Hall–Kier alpha value is -2.69. The number of hydrogen-bond acceptors (Lipinski definition) is 3. The van der Waals surface area contributed by atoms with Gasteiger partial charge in [-0.2, -0.15) is 0 Å². The third-order valence-electron chi connectivity index (χ3n) is 8.60. The van der Waals surface area contributed by atoms with Crippen LogP contribution in [0.1, 0.15) is 55.0 Å². The van der Waals surface area contributed by atoms with Gasteiger partial charge in [0, 0.05) is 48.6 Å². The van der Waals surface area contributed by atoms with Crippen LogP contribution < -0.4 is 4.90 Å². The third kappa shape index (κ3) is 3.53. The zero-order valence-corrected chi connectivity index (χ0v) is 22.2. The van der Waals surface area contributed by atoms with Crippen LogP contribution in [0.25, 0.3) is 27.7 Å². The van der Waals surface area contributed by atoms with E-state index >= 15 is 0 Å². The molecule has 3 aliphatic rings. The number of hydrogen-bond donors (Lipinski definition) is 0. The number of piperidine rings is 1. The Morgan fingerprint density at radius 1 is 1.00 bits per heavy atom. The van der Waals surface area contributed by atoms with Crippen molar-refractivity contribution in [3.05, 3.63) is 75.6 Å². The predicted molar refractivity (Wildman–Crippen MR) is 148 cm³/mol. The highest BCUT2D eigenvalue weighted by Crippen LogP contribution is 2.56. The fourth-order valence-electron chi connectivity index (χ4n) is 6.20. The molecular weight excluding hydrogens is 489 g/mol. The Morgan fingerprint density at radius 2 is 1.72 bits per heavy atom. The van der Waals surface area contributed by atoms with Crippen molar-refractivity contribution in [1.82, 2.24) is 9.72 Å². The first-order valence-electron chi connectivity index (χ1n) is 12.9. The Balaban J connectivity index is 1.16. The highest BCUT2D eigenvalue weighted by Gasteiger charge is 2.44. The summed E-state index contributed by atoms with van der Waals surface area (Å²) in [6, 6.07) is 14.8. The van der Waals surface area contributed by atoms with Crippen molar-refractivity contribution < 1.29 is 4.52 Å². The summed E-state index contributed by atoms with van der Waals surface area (Å²) >= 11 is 13.2. The lowest BCUT2D eigenvalue weighted by Crippen LogP contribution is -2.42. The highest BCUT2D eigenvalue weighted by molar-refractivity contribution is 6.39. The predicted octanol–water partition coefficient (Wildman–Crippen LogP) is 8.40. The van der Waals surface area contributed by atoms with E-state index in [1.165, 1.54) is 27.9 Å². The molecule has 1 saturated heterocycles. The number of allylic oxidation sites excluding steroid dienone is 2. The summed E-state index contributed by atoms with van der Waals surface area (Å²) in [5.74, 6) is 1.49. The second-order valence-corrected chi connectivity index (χ2v) is 11.7. The largest absolute Gasteiger partial charge is 0.371 e. The van der Waals surface area contributed by atoms with Gasteiger partial charge in [0.05, 0.1) is 15.6 Å². The van der Waals surface area contributed by atoms with Crippen molar-refractivity contribution in [2.75, 3.05) is 18.0 Å². The number of halogens is 2. The van der Waals surface area contributed by atoms with Crippen molar-refractivity contribution in [3.63, 3.8) is 0 Å². The number of aryl methyl sites for hydroxylation is 2. The molecule has 0 N–H and O–H groups in total. The van der Waals surface area contributed by atoms with E-state index in [0.29, 0.717) is 16.0 Å². The van der Waals surface area contributed by atoms with E-state index in [9.17, 15) is 0 Å². The zero-order chi connectivity index (χ0) is 24.6. The fourth-order valence-corrected chi connectivity index (χ4v) is 6.77. The van der Waals surface area contributed by atoms with E-state index in [-0.39, 0.29) is 5.41 Å². The number of rotatable bonds is 4. The van der Waals surface area contributed by atoms with Gasteiger partial charge in [-0.1, -0.05) is 46.6 Å². The van der Waals surface area contributed by atoms with Crippen LogP contribution in [0.4, 0.5) is 5.69 Å². The Labute approximate surface area is 221 Å². The summed E-state index contributed by atoms with van der Waals surface area (Å²) in [5.41, 5.74) is 8.27. The second kappa shape index (κ2) is 8.16. The van der Waals surface area contributed by atoms with Crippen LogP contribution >= 0.6 is 23.2 Å². The van der Waals surface area contributed by atoms with Gasteiger partial charge in [0.2, 0.25) is 0 Å². The average Bonchev–Trinajstić information content (AvgIpc) is 3.55. The van der Waals surface area contributed by atoms with E-state index in [4.69, 9.17) is 27.7 Å². The number of benzene rings is 2. The lowest BCUT2D eigenvalue weighted by molar-refractivity contribution is 0.277. The summed E-state index contributed by atoms with van der Waals surface area (Å²) in [4.78, 5) is 2.54. The first-order valence-corrected chi connectivity index (χ1v) is 13.7.